The Labute approximate surface area is 158 Å². The summed E-state index contributed by atoms with van der Waals surface area (Å²) in [4.78, 5) is 16.6. The number of amides is 1. The minimum atomic E-state index is -0.487. The molecule has 0 radical (unpaired) electrons. The SMILES string of the molecule is CC(C)(C)OC(=O)NCCc1c(Sc2ccccc2)[nH]c2ccccc12. The second-order valence-corrected chi connectivity index (χ2v) is 8.16. The summed E-state index contributed by atoms with van der Waals surface area (Å²) >= 11 is 1.71. The first-order chi connectivity index (χ1) is 12.4. The van der Waals surface area contributed by atoms with Crippen LogP contribution < -0.4 is 5.32 Å². The van der Waals surface area contributed by atoms with Crippen LogP contribution in [0.1, 0.15) is 26.3 Å². The molecule has 136 valence electrons. The summed E-state index contributed by atoms with van der Waals surface area (Å²) < 4.78 is 5.31. The Morgan fingerprint density at radius 3 is 2.50 bits per heavy atom. The van der Waals surface area contributed by atoms with E-state index in [-0.39, 0.29) is 6.09 Å². The van der Waals surface area contributed by atoms with Gasteiger partial charge in [-0.15, -0.1) is 0 Å². The molecule has 0 saturated carbocycles. The number of carbonyl (C=O) groups excluding carboxylic acids is 1. The van der Waals surface area contributed by atoms with Crippen LogP contribution in [-0.2, 0) is 11.2 Å². The molecule has 0 aliphatic carbocycles. The second kappa shape index (κ2) is 7.87. The third-order valence-electron chi connectivity index (χ3n) is 3.78. The molecule has 2 aromatic carbocycles. The van der Waals surface area contributed by atoms with Crippen molar-refractivity contribution < 1.29 is 9.53 Å². The van der Waals surface area contributed by atoms with Gasteiger partial charge in [-0.1, -0.05) is 48.2 Å². The van der Waals surface area contributed by atoms with Crippen LogP contribution >= 0.6 is 11.8 Å². The number of benzene rings is 2. The summed E-state index contributed by atoms with van der Waals surface area (Å²) in [5.74, 6) is 0. The molecule has 0 fully saturated rings. The number of hydrogen-bond donors (Lipinski definition) is 2. The average Bonchev–Trinajstić information content (AvgIpc) is 2.92. The van der Waals surface area contributed by atoms with Gasteiger partial charge in [0.15, 0.2) is 0 Å². The van der Waals surface area contributed by atoms with E-state index in [9.17, 15) is 4.79 Å². The van der Waals surface area contributed by atoms with Crippen LogP contribution in [0.2, 0.25) is 0 Å². The van der Waals surface area contributed by atoms with Crippen molar-refractivity contribution in [3.63, 3.8) is 0 Å². The van der Waals surface area contributed by atoms with Gasteiger partial charge in [0.05, 0.1) is 5.03 Å². The molecule has 1 aromatic heterocycles. The van der Waals surface area contributed by atoms with Crippen LogP contribution in [0.3, 0.4) is 0 Å². The largest absolute Gasteiger partial charge is 0.444 e. The van der Waals surface area contributed by atoms with Crippen LogP contribution in [-0.4, -0.2) is 23.2 Å². The Kier molecular flexibility index (Phi) is 5.57. The zero-order valence-electron chi connectivity index (χ0n) is 15.3. The highest BCUT2D eigenvalue weighted by Crippen LogP contribution is 2.34. The Hall–Kier alpha value is -2.40. The molecular weight excluding hydrogens is 344 g/mol. The van der Waals surface area contributed by atoms with Gasteiger partial charge in [0.1, 0.15) is 5.60 Å². The minimum absolute atomic E-state index is 0.380. The zero-order valence-corrected chi connectivity index (χ0v) is 16.2. The number of fused-ring (bicyclic) bond motifs is 1. The molecule has 3 rings (SSSR count). The lowest BCUT2D eigenvalue weighted by atomic mass is 10.1. The monoisotopic (exact) mass is 368 g/mol. The maximum Gasteiger partial charge on any atom is 0.407 e. The summed E-state index contributed by atoms with van der Waals surface area (Å²) in [6.07, 6.45) is 0.355. The first-order valence-corrected chi connectivity index (χ1v) is 9.53. The van der Waals surface area contributed by atoms with Crippen molar-refractivity contribution >= 4 is 28.8 Å². The van der Waals surface area contributed by atoms with Crippen molar-refractivity contribution in [1.82, 2.24) is 10.3 Å². The van der Waals surface area contributed by atoms with E-state index < -0.39 is 5.60 Å². The summed E-state index contributed by atoms with van der Waals surface area (Å²) in [6, 6.07) is 18.5. The second-order valence-electron chi connectivity index (χ2n) is 7.07. The molecule has 0 bridgehead atoms. The molecule has 0 aliphatic rings. The Morgan fingerprint density at radius 1 is 1.08 bits per heavy atom. The zero-order chi connectivity index (χ0) is 18.6. The lowest BCUT2D eigenvalue weighted by molar-refractivity contribution is 0.0528. The number of nitrogens with one attached hydrogen (secondary N) is 2. The average molecular weight is 369 g/mol. The highest BCUT2D eigenvalue weighted by atomic mass is 32.2. The molecule has 0 unspecified atom stereocenters. The normalized spacial score (nSPS) is 11.5. The maximum atomic E-state index is 11.9. The Morgan fingerprint density at radius 2 is 1.77 bits per heavy atom. The van der Waals surface area contributed by atoms with Gasteiger partial charge < -0.3 is 15.0 Å². The van der Waals surface area contributed by atoms with Crippen LogP contribution in [0.4, 0.5) is 4.79 Å². The third kappa shape index (κ3) is 4.82. The van der Waals surface area contributed by atoms with Crippen LogP contribution in [0.25, 0.3) is 10.9 Å². The minimum Gasteiger partial charge on any atom is -0.444 e. The summed E-state index contributed by atoms with van der Waals surface area (Å²) in [5, 5.41) is 5.15. The molecule has 26 heavy (non-hydrogen) atoms. The lowest BCUT2D eigenvalue weighted by Gasteiger charge is -2.19. The van der Waals surface area contributed by atoms with Crippen molar-refractivity contribution in [2.45, 2.75) is 42.7 Å². The van der Waals surface area contributed by atoms with Crippen molar-refractivity contribution in [1.29, 1.82) is 0 Å². The smallest absolute Gasteiger partial charge is 0.407 e. The van der Waals surface area contributed by atoms with E-state index >= 15 is 0 Å². The molecule has 4 nitrogen and oxygen atoms in total. The van der Waals surface area contributed by atoms with Gasteiger partial charge >= 0.3 is 6.09 Å². The van der Waals surface area contributed by atoms with Crippen molar-refractivity contribution in [2.24, 2.45) is 0 Å². The van der Waals surface area contributed by atoms with Gasteiger partial charge in [0, 0.05) is 22.3 Å². The number of aromatic nitrogens is 1. The van der Waals surface area contributed by atoms with Crippen LogP contribution in [0.15, 0.2) is 64.5 Å². The van der Waals surface area contributed by atoms with Gasteiger partial charge in [-0.25, -0.2) is 4.79 Å². The quantitative estimate of drug-likeness (QED) is 0.635. The number of carbonyl (C=O) groups is 1. The molecule has 3 aromatic rings. The Bertz CT molecular complexity index is 882. The van der Waals surface area contributed by atoms with E-state index in [1.54, 1.807) is 11.8 Å². The van der Waals surface area contributed by atoms with Crippen molar-refractivity contribution in [3.8, 4) is 0 Å². The molecule has 1 amide bonds. The highest BCUT2D eigenvalue weighted by Gasteiger charge is 2.17. The summed E-state index contributed by atoms with van der Waals surface area (Å²) in [6.45, 7) is 6.11. The lowest BCUT2D eigenvalue weighted by Crippen LogP contribution is -2.33. The topological polar surface area (TPSA) is 54.1 Å². The standard InChI is InChI=1S/C21H24N2O2S/c1-21(2,3)25-20(24)22-14-13-17-16-11-7-8-12-18(16)23-19(17)26-15-9-5-4-6-10-15/h4-12,23H,13-14H2,1-3H3,(H,22,24). The maximum absolute atomic E-state index is 11.9. The number of alkyl carbamates (subject to hydrolysis) is 1. The fraction of sp³-hybridized carbons (Fsp3) is 0.286. The summed E-state index contributed by atoms with van der Waals surface area (Å²) in [7, 11) is 0. The van der Waals surface area contributed by atoms with E-state index in [4.69, 9.17) is 4.74 Å². The van der Waals surface area contributed by atoms with Crippen LogP contribution in [0, 0.1) is 0 Å². The van der Waals surface area contributed by atoms with E-state index in [1.165, 1.54) is 15.8 Å². The van der Waals surface area contributed by atoms with E-state index in [2.05, 4.69) is 34.6 Å². The fourth-order valence-corrected chi connectivity index (χ4v) is 3.75. The van der Waals surface area contributed by atoms with Gasteiger partial charge in [0.2, 0.25) is 0 Å². The number of para-hydroxylation sites is 1. The van der Waals surface area contributed by atoms with Gasteiger partial charge in [0.25, 0.3) is 0 Å². The highest BCUT2D eigenvalue weighted by molar-refractivity contribution is 7.99. The number of ether oxygens (including phenoxy) is 1. The summed E-state index contributed by atoms with van der Waals surface area (Å²) in [5.41, 5.74) is 1.84. The predicted molar refractivity (Wildman–Crippen MR) is 107 cm³/mol. The number of H-pyrrole nitrogens is 1. The van der Waals surface area contributed by atoms with Crippen molar-refractivity contribution in [2.75, 3.05) is 6.54 Å². The first kappa shape index (κ1) is 18.4. The van der Waals surface area contributed by atoms with E-state index in [0.29, 0.717) is 6.54 Å². The Balaban J connectivity index is 1.75. The molecule has 2 N–H and O–H groups in total. The van der Waals surface area contributed by atoms with Crippen LogP contribution in [0.5, 0.6) is 0 Å². The first-order valence-electron chi connectivity index (χ1n) is 8.72. The molecule has 0 atom stereocenters. The third-order valence-corrected chi connectivity index (χ3v) is 4.84. The van der Waals surface area contributed by atoms with Gasteiger partial charge in [-0.3, -0.25) is 0 Å². The molecule has 5 heteroatoms. The molecule has 0 aliphatic heterocycles. The number of hydrogen-bond acceptors (Lipinski definition) is 3. The molecule has 1 heterocycles. The fourth-order valence-electron chi connectivity index (χ4n) is 2.72. The molecular formula is C21H24N2O2S. The predicted octanol–water partition coefficient (Wildman–Crippen LogP) is 5.39. The molecule has 0 spiro atoms. The number of rotatable bonds is 5. The number of aromatic amines is 1. The van der Waals surface area contributed by atoms with Gasteiger partial charge in [-0.2, -0.15) is 0 Å². The van der Waals surface area contributed by atoms with E-state index in [0.717, 1.165) is 17.0 Å². The molecule has 0 saturated heterocycles. The van der Waals surface area contributed by atoms with Gasteiger partial charge in [-0.05, 0) is 51.0 Å². The van der Waals surface area contributed by atoms with Crippen molar-refractivity contribution in [3.05, 3.63) is 60.2 Å². The van der Waals surface area contributed by atoms with E-state index in [1.807, 2.05) is 51.1 Å².